The van der Waals surface area contributed by atoms with Crippen molar-refractivity contribution < 1.29 is 4.79 Å². The van der Waals surface area contributed by atoms with E-state index >= 15 is 0 Å². The number of hydrogen-bond donors (Lipinski definition) is 1. The molecule has 1 N–H and O–H groups in total. The van der Waals surface area contributed by atoms with Gasteiger partial charge in [0.2, 0.25) is 0 Å². The zero-order chi connectivity index (χ0) is 20.3. The van der Waals surface area contributed by atoms with Crippen LogP contribution in [0.1, 0.15) is 49.8 Å². The Bertz CT molecular complexity index is 811. The average Bonchev–Trinajstić information content (AvgIpc) is 3.04. The van der Waals surface area contributed by atoms with Crippen LogP contribution < -0.4 is 5.32 Å². The Balaban J connectivity index is 1.67. The number of nitrogens with one attached hydrogen (secondary N) is 1. The van der Waals surface area contributed by atoms with E-state index in [1.54, 1.807) is 4.68 Å². The molecule has 3 rings (SSSR count). The van der Waals surface area contributed by atoms with Crippen molar-refractivity contribution in [3.63, 3.8) is 0 Å². The third kappa shape index (κ3) is 4.81. The Hall–Kier alpha value is -1.73. The third-order valence-electron chi connectivity index (χ3n) is 5.69. The molecule has 2 heterocycles. The van der Waals surface area contributed by atoms with Crippen LogP contribution in [0, 0.1) is 18.8 Å². The van der Waals surface area contributed by atoms with Crippen molar-refractivity contribution in [2.75, 3.05) is 19.6 Å². The molecule has 0 radical (unpaired) electrons. The van der Waals surface area contributed by atoms with Gasteiger partial charge in [-0.05, 0) is 62.9 Å². The summed E-state index contributed by atoms with van der Waals surface area (Å²) in [4.78, 5) is 15.3. The highest BCUT2D eigenvalue weighted by Gasteiger charge is 2.27. The van der Waals surface area contributed by atoms with Gasteiger partial charge in [-0.1, -0.05) is 48.0 Å². The Morgan fingerprint density at radius 3 is 2.68 bits per heavy atom. The molecule has 0 saturated carbocycles. The first-order valence-electron chi connectivity index (χ1n) is 10.1. The van der Waals surface area contributed by atoms with Crippen LogP contribution in [0.5, 0.6) is 0 Å². The molecule has 1 aliphatic rings. The summed E-state index contributed by atoms with van der Waals surface area (Å²) in [5.41, 5.74) is 2.00. The lowest BCUT2D eigenvalue weighted by Crippen LogP contribution is -2.49. The Labute approximate surface area is 175 Å². The maximum absolute atomic E-state index is 12.8. The molecule has 0 spiro atoms. The number of aromatic nitrogens is 3. The topological polar surface area (TPSA) is 63.1 Å². The van der Waals surface area contributed by atoms with Gasteiger partial charge < -0.3 is 5.32 Å². The zero-order valence-corrected chi connectivity index (χ0v) is 18.7. The molecule has 2 aromatic rings. The molecule has 7 heteroatoms. The van der Waals surface area contributed by atoms with E-state index in [0.29, 0.717) is 24.2 Å². The van der Waals surface area contributed by atoms with Gasteiger partial charge in [0.1, 0.15) is 0 Å². The van der Waals surface area contributed by atoms with Gasteiger partial charge in [-0.25, -0.2) is 4.68 Å². The first-order valence-corrected chi connectivity index (χ1v) is 10.9. The highest BCUT2D eigenvalue weighted by Crippen LogP contribution is 2.21. The minimum Gasteiger partial charge on any atom is -0.349 e. The number of piperidine rings is 1. The minimum absolute atomic E-state index is 0.158. The van der Waals surface area contributed by atoms with Gasteiger partial charge in [0.25, 0.3) is 5.91 Å². The smallest absolute Gasteiger partial charge is 0.273 e. The first kappa shape index (κ1) is 21.0. The van der Waals surface area contributed by atoms with Crippen LogP contribution in [0.15, 0.2) is 28.7 Å². The number of likely N-dealkylation sites (tertiary alicyclic amines) is 1. The predicted octanol–water partition coefficient (Wildman–Crippen LogP) is 3.82. The monoisotopic (exact) mass is 447 g/mol. The number of amides is 1. The third-order valence-corrected chi connectivity index (χ3v) is 6.18. The summed E-state index contributed by atoms with van der Waals surface area (Å²) in [6.45, 7) is 11.5. The molecule has 1 fully saturated rings. The molecular weight excluding hydrogens is 418 g/mol. The van der Waals surface area contributed by atoms with Crippen LogP contribution in [0.3, 0.4) is 0 Å². The van der Waals surface area contributed by atoms with E-state index in [-0.39, 0.29) is 5.91 Å². The van der Waals surface area contributed by atoms with Crippen molar-refractivity contribution in [1.29, 1.82) is 0 Å². The van der Waals surface area contributed by atoms with E-state index in [9.17, 15) is 4.79 Å². The fraction of sp³-hybridized carbons (Fsp3) is 0.571. The first-order chi connectivity index (χ1) is 13.4. The second-order valence-corrected chi connectivity index (χ2v) is 9.07. The molecule has 28 heavy (non-hydrogen) atoms. The molecule has 1 saturated heterocycles. The van der Waals surface area contributed by atoms with E-state index in [4.69, 9.17) is 0 Å². The summed E-state index contributed by atoms with van der Waals surface area (Å²) < 4.78 is 2.66. The fourth-order valence-corrected chi connectivity index (χ4v) is 4.21. The van der Waals surface area contributed by atoms with Gasteiger partial charge >= 0.3 is 0 Å². The number of halogens is 1. The molecule has 152 valence electrons. The van der Waals surface area contributed by atoms with Gasteiger partial charge in [-0.15, -0.1) is 5.10 Å². The van der Waals surface area contributed by atoms with Crippen molar-refractivity contribution in [3.05, 3.63) is 40.1 Å². The van der Waals surface area contributed by atoms with Gasteiger partial charge in [0.05, 0.1) is 11.4 Å². The fourth-order valence-electron chi connectivity index (χ4n) is 3.82. The van der Waals surface area contributed by atoms with Crippen molar-refractivity contribution in [1.82, 2.24) is 25.2 Å². The van der Waals surface area contributed by atoms with Gasteiger partial charge in [-0.3, -0.25) is 9.69 Å². The zero-order valence-electron chi connectivity index (χ0n) is 17.2. The van der Waals surface area contributed by atoms with Crippen molar-refractivity contribution in [2.24, 2.45) is 11.8 Å². The molecule has 1 aromatic carbocycles. The lowest BCUT2D eigenvalue weighted by molar-refractivity contribution is 0.0858. The number of carbonyl (C=O) groups is 1. The SMILES string of the molecule is Cc1c(C(=O)NCC(C(C)C)N2CCC(C)CC2)nnn1-c1cccc(Br)c1. The standard InChI is InChI=1S/C21H30BrN5O/c1-14(2)19(26-10-8-15(3)9-11-26)13-23-21(28)20-16(4)27(25-24-20)18-7-5-6-17(22)12-18/h5-7,12,14-15,19H,8-11,13H2,1-4H3,(H,23,28). The van der Waals surface area contributed by atoms with E-state index < -0.39 is 0 Å². The summed E-state index contributed by atoms with van der Waals surface area (Å²) in [5.74, 6) is 1.12. The lowest BCUT2D eigenvalue weighted by Gasteiger charge is -2.38. The number of hydrogen-bond acceptors (Lipinski definition) is 4. The second kappa shape index (κ2) is 9.18. The quantitative estimate of drug-likeness (QED) is 0.730. The molecule has 0 aliphatic carbocycles. The minimum atomic E-state index is -0.158. The number of carbonyl (C=O) groups excluding carboxylic acids is 1. The number of rotatable bonds is 6. The Morgan fingerprint density at radius 2 is 2.04 bits per heavy atom. The molecule has 1 amide bonds. The summed E-state index contributed by atoms with van der Waals surface area (Å²) >= 11 is 3.47. The van der Waals surface area contributed by atoms with Crippen LogP contribution in [0.4, 0.5) is 0 Å². The summed E-state index contributed by atoms with van der Waals surface area (Å²) in [6, 6.07) is 8.14. The van der Waals surface area contributed by atoms with Crippen LogP contribution in [-0.4, -0.2) is 51.5 Å². The molecule has 1 aliphatic heterocycles. The summed E-state index contributed by atoms with van der Waals surface area (Å²) in [5, 5.41) is 11.4. The molecule has 0 bridgehead atoms. The molecule has 1 aromatic heterocycles. The average molecular weight is 448 g/mol. The second-order valence-electron chi connectivity index (χ2n) is 8.16. The highest BCUT2D eigenvalue weighted by atomic mass is 79.9. The van der Waals surface area contributed by atoms with E-state index in [1.807, 2.05) is 31.2 Å². The van der Waals surface area contributed by atoms with Gasteiger partial charge in [-0.2, -0.15) is 0 Å². The molecular formula is C21H30BrN5O. The van der Waals surface area contributed by atoms with Crippen LogP contribution in [0.2, 0.25) is 0 Å². The highest BCUT2D eigenvalue weighted by molar-refractivity contribution is 9.10. The van der Waals surface area contributed by atoms with Gasteiger partial charge in [0.15, 0.2) is 5.69 Å². The van der Waals surface area contributed by atoms with E-state index in [1.165, 1.54) is 12.8 Å². The van der Waals surface area contributed by atoms with Crippen molar-refractivity contribution in [3.8, 4) is 5.69 Å². The summed E-state index contributed by atoms with van der Waals surface area (Å²) in [7, 11) is 0. The Morgan fingerprint density at radius 1 is 1.32 bits per heavy atom. The van der Waals surface area contributed by atoms with Crippen LogP contribution in [-0.2, 0) is 0 Å². The van der Waals surface area contributed by atoms with Gasteiger partial charge in [0, 0.05) is 17.1 Å². The largest absolute Gasteiger partial charge is 0.349 e. The van der Waals surface area contributed by atoms with Crippen LogP contribution >= 0.6 is 15.9 Å². The summed E-state index contributed by atoms with van der Waals surface area (Å²) in [6.07, 6.45) is 2.47. The maximum atomic E-state index is 12.8. The van der Waals surface area contributed by atoms with E-state index in [2.05, 4.69) is 57.2 Å². The van der Waals surface area contributed by atoms with Crippen molar-refractivity contribution in [2.45, 2.75) is 46.6 Å². The molecule has 1 atom stereocenters. The van der Waals surface area contributed by atoms with Crippen molar-refractivity contribution >= 4 is 21.8 Å². The predicted molar refractivity (Wildman–Crippen MR) is 115 cm³/mol. The lowest BCUT2D eigenvalue weighted by atomic mass is 9.94. The normalized spacial score (nSPS) is 17.1. The Kier molecular flexibility index (Phi) is 6.88. The number of benzene rings is 1. The number of nitrogens with zero attached hydrogens (tertiary/aromatic N) is 4. The van der Waals surface area contributed by atoms with E-state index in [0.717, 1.165) is 34.9 Å². The molecule has 1 unspecified atom stereocenters. The maximum Gasteiger partial charge on any atom is 0.273 e. The molecule has 6 nitrogen and oxygen atoms in total. The van der Waals surface area contributed by atoms with Crippen LogP contribution in [0.25, 0.3) is 5.69 Å².